The zero-order valence-corrected chi connectivity index (χ0v) is 13.8. The van der Waals surface area contributed by atoms with Crippen LogP contribution in [0, 0.1) is 0 Å². The maximum Gasteiger partial charge on any atom is 0.409 e. The first kappa shape index (κ1) is 17.0. The van der Waals surface area contributed by atoms with Gasteiger partial charge in [-0.25, -0.2) is 4.79 Å². The molecule has 25 heavy (non-hydrogen) atoms. The van der Waals surface area contributed by atoms with Crippen LogP contribution in [-0.4, -0.2) is 30.2 Å². The lowest BCUT2D eigenvalue weighted by molar-refractivity contribution is 0.102. The number of carbonyl (C=O) groups excluding carboxylic acids is 1. The molecule has 1 saturated heterocycles. The van der Waals surface area contributed by atoms with E-state index in [2.05, 4.69) is 16.0 Å². The summed E-state index contributed by atoms with van der Waals surface area (Å²) in [6, 6.07) is 14.4. The Morgan fingerprint density at radius 1 is 0.920 bits per heavy atom. The topological polar surface area (TPSA) is 90.5 Å². The number of carbonyl (C=O) groups is 2. The Morgan fingerprint density at radius 2 is 1.52 bits per heavy atom. The molecule has 1 heterocycles. The van der Waals surface area contributed by atoms with Crippen molar-refractivity contribution in [2.45, 2.75) is 18.8 Å². The van der Waals surface area contributed by atoms with Crippen LogP contribution in [0.2, 0.25) is 0 Å². The number of hydrogen-bond acceptors (Lipinski definition) is 3. The van der Waals surface area contributed by atoms with Crippen molar-refractivity contribution in [1.29, 1.82) is 0 Å². The zero-order valence-electron chi connectivity index (χ0n) is 13.8. The van der Waals surface area contributed by atoms with Crippen LogP contribution in [0.25, 0.3) is 0 Å². The Morgan fingerprint density at radius 3 is 2.12 bits per heavy atom. The van der Waals surface area contributed by atoms with E-state index in [1.54, 1.807) is 24.3 Å². The van der Waals surface area contributed by atoms with Crippen molar-refractivity contribution in [3.63, 3.8) is 0 Å². The van der Waals surface area contributed by atoms with E-state index in [1.165, 1.54) is 5.56 Å². The second-order valence-corrected chi connectivity index (χ2v) is 6.08. The molecule has 6 heteroatoms. The summed E-state index contributed by atoms with van der Waals surface area (Å²) in [5.74, 6) is 0.273. The summed E-state index contributed by atoms with van der Waals surface area (Å²) < 4.78 is 0. The highest BCUT2D eigenvalue weighted by atomic mass is 16.4. The molecule has 0 unspecified atom stereocenters. The fourth-order valence-corrected chi connectivity index (χ4v) is 3.07. The van der Waals surface area contributed by atoms with E-state index in [4.69, 9.17) is 5.11 Å². The molecule has 6 nitrogen and oxygen atoms in total. The number of piperidine rings is 1. The summed E-state index contributed by atoms with van der Waals surface area (Å²) in [7, 11) is 0. The molecular formula is C19H21N3O3. The largest absolute Gasteiger partial charge is 0.465 e. The number of hydrogen-bond donors (Lipinski definition) is 4. The highest BCUT2D eigenvalue weighted by Gasteiger charge is 2.16. The average Bonchev–Trinajstić information content (AvgIpc) is 2.64. The molecule has 0 radical (unpaired) electrons. The maximum absolute atomic E-state index is 12.4. The van der Waals surface area contributed by atoms with Gasteiger partial charge in [0.1, 0.15) is 0 Å². The Bertz CT molecular complexity index is 753. The zero-order chi connectivity index (χ0) is 17.6. The van der Waals surface area contributed by atoms with Crippen molar-refractivity contribution in [2.24, 2.45) is 0 Å². The van der Waals surface area contributed by atoms with E-state index in [9.17, 15) is 9.59 Å². The number of anilines is 2. The molecular weight excluding hydrogens is 318 g/mol. The smallest absolute Gasteiger partial charge is 0.409 e. The highest BCUT2D eigenvalue weighted by Crippen LogP contribution is 2.26. The van der Waals surface area contributed by atoms with Crippen molar-refractivity contribution in [3.8, 4) is 0 Å². The van der Waals surface area contributed by atoms with Gasteiger partial charge in [0, 0.05) is 5.56 Å². The summed E-state index contributed by atoms with van der Waals surface area (Å²) in [5, 5.41) is 17.3. The van der Waals surface area contributed by atoms with Gasteiger partial charge in [-0.3, -0.25) is 10.1 Å². The van der Waals surface area contributed by atoms with Gasteiger partial charge in [-0.1, -0.05) is 24.3 Å². The summed E-state index contributed by atoms with van der Waals surface area (Å²) in [6.07, 6.45) is 1.05. The number of para-hydroxylation sites is 2. The molecule has 0 aromatic heterocycles. The predicted octanol–water partition coefficient (Wildman–Crippen LogP) is 3.50. The first-order valence-electron chi connectivity index (χ1n) is 8.34. The minimum atomic E-state index is -1.17. The van der Waals surface area contributed by atoms with E-state index in [-0.39, 0.29) is 5.91 Å². The molecule has 1 aliphatic heterocycles. The van der Waals surface area contributed by atoms with Gasteiger partial charge in [0.15, 0.2) is 0 Å². The van der Waals surface area contributed by atoms with Gasteiger partial charge in [-0.05, 0) is 61.7 Å². The third-order valence-corrected chi connectivity index (χ3v) is 4.40. The first-order chi connectivity index (χ1) is 12.1. The van der Waals surface area contributed by atoms with Crippen molar-refractivity contribution in [2.75, 3.05) is 23.7 Å². The molecule has 3 rings (SSSR count). The molecule has 2 aromatic rings. The van der Waals surface area contributed by atoms with Gasteiger partial charge >= 0.3 is 6.09 Å². The summed E-state index contributed by atoms with van der Waals surface area (Å²) in [5.41, 5.74) is 2.57. The van der Waals surface area contributed by atoms with E-state index in [0.717, 1.165) is 25.9 Å². The van der Waals surface area contributed by atoms with Gasteiger partial charge in [-0.15, -0.1) is 0 Å². The number of nitrogens with one attached hydrogen (secondary N) is 3. The lowest BCUT2D eigenvalue weighted by atomic mass is 9.90. The van der Waals surface area contributed by atoms with Crippen molar-refractivity contribution in [1.82, 2.24) is 5.32 Å². The van der Waals surface area contributed by atoms with Crippen LogP contribution < -0.4 is 16.0 Å². The van der Waals surface area contributed by atoms with Gasteiger partial charge in [-0.2, -0.15) is 0 Å². The third-order valence-electron chi connectivity index (χ3n) is 4.40. The van der Waals surface area contributed by atoms with Crippen LogP contribution in [0.15, 0.2) is 48.5 Å². The van der Waals surface area contributed by atoms with Crippen molar-refractivity contribution in [3.05, 3.63) is 59.7 Å². The van der Waals surface area contributed by atoms with Gasteiger partial charge in [0.2, 0.25) is 0 Å². The van der Waals surface area contributed by atoms with E-state index in [1.807, 2.05) is 24.3 Å². The van der Waals surface area contributed by atoms with Gasteiger partial charge < -0.3 is 15.7 Å². The molecule has 0 atom stereocenters. The number of benzene rings is 2. The maximum atomic E-state index is 12.4. The minimum absolute atomic E-state index is 0.267. The molecule has 130 valence electrons. The summed E-state index contributed by atoms with van der Waals surface area (Å²) in [6.45, 7) is 2.06. The lowest BCUT2D eigenvalue weighted by Gasteiger charge is -2.23. The molecule has 1 fully saturated rings. The van der Waals surface area contributed by atoms with E-state index in [0.29, 0.717) is 22.9 Å². The number of rotatable bonds is 4. The normalized spacial score (nSPS) is 14.7. The second-order valence-electron chi connectivity index (χ2n) is 6.08. The van der Waals surface area contributed by atoms with Crippen LogP contribution in [-0.2, 0) is 0 Å². The molecule has 4 N–H and O–H groups in total. The molecule has 2 amide bonds. The van der Waals surface area contributed by atoms with Crippen molar-refractivity contribution < 1.29 is 14.7 Å². The monoisotopic (exact) mass is 339 g/mol. The number of carboxylic acid groups (broad SMARTS) is 1. The standard InChI is InChI=1S/C19H21N3O3/c23-18(21-16-3-1-2-4-17(16)22-19(24)25)15-7-5-13(6-8-15)14-9-11-20-12-10-14/h1-8,14,20,22H,9-12H2,(H,21,23)(H,24,25). The first-order valence-corrected chi connectivity index (χ1v) is 8.34. The average molecular weight is 339 g/mol. The Balaban J connectivity index is 1.70. The highest BCUT2D eigenvalue weighted by molar-refractivity contribution is 6.06. The third kappa shape index (κ3) is 4.36. The molecule has 0 bridgehead atoms. The summed E-state index contributed by atoms with van der Waals surface area (Å²) >= 11 is 0. The Labute approximate surface area is 146 Å². The molecule has 0 saturated carbocycles. The van der Waals surface area contributed by atoms with Crippen LogP contribution in [0.1, 0.15) is 34.7 Å². The van der Waals surface area contributed by atoms with Crippen LogP contribution in [0.5, 0.6) is 0 Å². The molecule has 0 aliphatic carbocycles. The lowest BCUT2D eigenvalue weighted by Crippen LogP contribution is -2.26. The SMILES string of the molecule is O=C(O)Nc1ccccc1NC(=O)c1ccc(C2CCNCC2)cc1. The molecule has 2 aromatic carbocycles. The van der Waals surface area contributed by atoms with Crippen LogP contribution in [0.4, 0.5) is 16.2 Å². The van der Waals surface area contributed by atoms with E-state index < -0.39 is 6.09 Å². The number of amides is 2. The molecule has 0 spiro atoms. The fourth-order valence-electron chi connectivity index (χ4n) is 3.07. The Hall–Kier alpha value is -2.86. The molecule has 1 aliphatic rings. The minimum Gasteiger partial charge on any atom is -0.465 e. The fraction of sp³-hybridized carbons (Fsp3) is 0.263. The Kier molecular flexibility index (Phi) is 5.30. The van der Waals surface area contributed by atoms with Gasteiger partial charge in [0.25, 0.3) is 5.91 Å². The van der Waals surface area contributed by atoms with Crippen LogP contribution in [0.3, 0.4) is 0 Å². The summed E-state index contributed by atoms with van der Waals surface area (Å²) in [4.78, 5) is 23.3. The van der Waals surface area contributed by atoms with Gasteiger partial charge in [0.05, 0.1) is 11.4 Å². The second kappa shape index (κ2) is 7.81. The van der Waals surface area contributed by atoms with E-state index >= 15 is 0 Å². The quantitative estimate of drug-likeness (QED) is 0.686. The van der Waals surface area contributed by atoms with Crippen LogP contribution >= 0.6 is 0 Å². The predicted molar refractivity (Wildman–Crippen MR) is 97.3 cm³/mol. The van der Waals surface area contributed by atoms with Crippen molar-refractivity contribution >= 4 is 23.4 Å².